The Balaban J connectivity index is 1.65. The summed E-state index contributed by atoms with van der Waals surface area (Å²) in [6.45, 7) is 0.387. The summed E-state index contributed by atoms with van der Waals surface area (Å²) in [6.07, 6.45) is 5.31. The van der Waals surface area contributed by atoms with Gasteiger partial charge < -0.3 is 5.32 Å². The molecule has 4 nitrogen and oxygen atoms in total. The number of aromatic nitrogens is 2. The molecule has 2 heterocycles. The molecule has 0 saturated carbocycles. The van der Waals surface area contributed by atoms with Crippen molar-refractivity contribution < 1.29 is 4.79 Å². The first-order valence-corrected chi connectivity index (χ1v) is 8.90. The van der Waals surface area contributed by atoms with Crippen molar-refractivity contribution in [2.24, 2.45) is 0 Å². The molecule has 1 N–H and O–H groups in total. The van der Waals surface area contributed by atoms with Gasteiger partial charge >= 0.3 is 0 Å². The van der Waals surface area contributed by atoms with Crippen LogP contribution in [0.5, 0.6) is 0 Å². The number of pyridine rings is 2. The lowest BCUT2D eigenvalue weighted by Crippen LogP contribution is -2.23. The highest BCUT2D eigenvalue weighted by Crippen LogP contribution is 2.29. The van der Waals surface area contributed by atoms with Crippen LogP contribution in [0.1, 0.15) is 16.1 Å². The van der Waals surface area contributed by atoms with E-state index < -0.39 is 0 Å². The molecule has 0 atom stereocenters. The lowest BCUT2D eigenvalue weighted by atomic mass is 9.99. The van der Waals surface area contributed by atoms with Crippen LogP contribution in [0.2, 0.25) is 5.02 Å². The zero-order valence-corrected chi connectivity index (χ0v) is 15.1. The fourth-order valence-corrected chi connectivity index (χ4v) is 3.07. The molecule has 0 spiro atoms. The number of benzene rings is 2. The molecule has 0 fully saturated rings. The fraction of sp³-hybridized carbons (Fsp3) is 0.0455. The first kappa shape index (κ1) is 17.2. The maximum Gasteiger partial charge on any atom is 0.251 e. The third-order valence-corrected chi connectivity index (χ3v) is 4.59. The molecular formula is C22H16ClN3O. The van der Waals surface area contributed by atoms with Crippen LogP contribution in [0.4, 0.5) is 0 Å². The van der Waals surface area contributed by atoms with Crippen LogP contribution in [-0.2, 0) is 6.54 Å². The van der Waals surface area contributed by atoms with E-state index in [1.807, 2.05) is 60.7 Å². The van der Waals surface area contributed by atoms with Gasteiger partial charge in [-0.3, -0.25) is 14.8 Å². The van der Waals surface area contributed by atoms with Gasteiger partial charge in [-0.05, 0) is 47.3 Å². The zero-order valence-electron chi connectivity index (χ0n) is 14.4. The number of carbonyl (C=O) groups is 1. The summed E-state index contributed by atoms with van der Waals surface area (Å²) >= 11 is 6.00. The van der Waals surface area contributed by atoms with Crippen molar-refractivity contribution in [2.45, 2.75) is 6.54 Å². The first-order valence-electron chi connectivity index (χ1n) is 8.52. The molecule has 4 aromatic rings. The number of nitrogens with one attached hydrogen (secondary N) is 1. The number of hydrogen-bond acceptors (Lipinski definition) is 3. The van der Waals surface area contributed by atoms with Crippen LogP contribution in [0.25, 0.3) is 21.9 Å². The minimum Gasteiger partial charge on any atom is -0.346 e. The maximum absolute atomic E-state index is 12.6. The Morgan fingerprint density at radius 3 is 2.63 bits per heavy atom. The molecule has 4 rings (SSSR count). The van der Waals surface area contributed by atoms with Crippen LogP contribution in [0.3, 0.4) is 0 Å². The van der Waals surface area contributed by atoms with E-state index in [2.05, 4.69) is 15.3 Å². The third-order valence-electron chi connectivity index (χ3n) is 4.33. The van der Waals surface area contributed by atoms with Crippen molar-refractivity contribution in [1.29, 1.82) is 0 Å². The summed E-state index contributed by atoms with van der Waals surface area (Å²) in [5.74, 6) is -0.138. The molecule has 0 saturated heterocycles. The minimum absolute atomic E-state index is 0.138. The standard InChI is InChI=1S/C22H16ClN3O/c23-18-8-6-15(7-9-18)21-14-24-12-17-5-4-16(11-20(17)21)22(27)26-13-19-3-1-2-10-25-19/h1-12,14H,13H2,(H,26,27). The van der Waals surface area contributed by atoms with Gasteiger partial charge in [-0.1, -0.05) is 35.9 Å². The van der Waals surface area contributed by atoms with Gasteiger partial charge in [0.1, 0.15) is 0 Å². The normalized spacial score (nSPS) is 10.7. The molecule has 0 aliphatic heterocycles. The van der Waals surface area contributed by atoms with Crippen LogP contribution in [0, 0.1) is 0 Å². The van der Waals surface area contributed by atoms with Crippen molar-refractivity contribution in [1.82, 2.24) is 15.3 Å². The van der Waals surface area contributed by atoms with Gasteiger partial charge in [0, 0.05) is 40.1 Å². The van der Waals surface area contributed by atoms with E-state index in [0.29, 0.717) is 17.1 Å². The Morgan fingerprint density at radius 1 is 1.00 bits per heavy atom. The summed E-state index contributed by atoms with van der Waals surface area (Å²) in [5.41, 5.74) is 3.38. The molecule has 5 heteroatoms. The monoisotopic (exact) mass is 373 g/mol. The first-order chi connectivity index (χ1) is 13.2. The second kappa shape index (κ2) is 7.56. The molecular weight excluding hydrogens is 358 g/mol. The largest absolute Gasteiger partial charge is 0.346 e. The van der Waals surface area contributed by atoms with E-state index in [9.17, 15) is 4.79 Å². The lowest BCUT2D eigenvalue weighted by molar-refractivity contribution is 0.0950. The van der Waals surface area contributed by atoms with Crippen LogP contribution >= 0.6 is 11.6 Å². The van der Waals surface area contributed by atoms with Gasteiger partial charge in [-0.15, -0.1) is 0 Å². The summed E-state index contributed by atoms with van der Waals surface area (Å²) < 4.78 is 0. The van der Waals surface area contributed by atoms with Crippen molar-refractivity contribution in [2.75, 3.05) is 0 Å². The van der Waals surface area contributed by atoms with E-state index >= 15 is 0 Å². The molecule has 0 aliphatic carbocycles. The zero-order chi connectivity index (χ0) is 18.6. The van der Waals surface area contributed by atoms with Gasteiger partial charge in [0.2, 0.25) is 0 Å². The number of amides is 1. The van der Waals surface area contributed by atoms with E-state index in [0.717, 1.165) is 27.6 Å². The summed E-state index contributed by atoms with van der Waals surface area (Å²) in [6, 6.07) is 18.8. The van der Waals surface area contributed by atoms with Crippen LogP contribution in [0.15, 0.2) is 79.3 Å². The second-order valence-corrected chi connectivity index (χ2v) is 6.57. The number of fused-ring (bicyclic) bond motifs is 1. The Morgan fingerprint density at radius 2 is 1.85 bits per heavy atom. The predicted molar refractivity (Wildman–Crippen MR) is 108 cm³/mol. The average Bonchev–Trinajstić information content (AvgIpc) is 2.72. The van der Waals surface area contributed by atoms with Gasteiger partial charge in [0.25, 0.3) is 5.91 Å². The topological polar surface area (TPSA) is 54.9 Å². The SMILES string of the molecule is O=C(NCc1ccccn1)c1ccc2cncc(-c3ccc(Cl)cc3)c2c1. The number of rotatable bonds is 4. The molecule has 27 heavy (non-hydrogen) atoms. The summed E-state index contributed by atoms with van der Waals surface area (Å²) in [5, 5.41) is 5.54. The summed E-state index contributed by atoms with van der Waals surface area (Å²) in [4.78, 5) is 21.1. The quantitative estimate of drug-likeness (QED) is 0.554. The van der Waals surface area contributed by atoms with E-state index in [1.54, 1.807) is 18.6 Å². The van der Waals surface area contributed by atoms with Gasteiger partial charge in [0.15, 0.2) is 0 Å². The highest BCUT2D eigenvalue weighted by Gasteiger charge is 2.10. The second-order valence-electron chi connectivity index (χ2n) is 6.13. The van der Waals surface area contributed by atoms with E-state index in [4.69, 9.17) is 11.6 Å². The number of carbonyl (C=O) groups excluding carboxylic acids is 1. The number of halogens is 1. The van der Waals surface area contributed by atoms with Crippen LogP contribution < -0.4 is 5.32 Å². The van der Waals surface area contributed by atoms with Gasteiger partial charge in [-0.25, -0.2) is 0 Å². The Labute approximate surface area is 161 Å². The third kappa shape index (κ3) is 3.81. The van der Waals surface area contributed by atoms with Crippen molar-refractivity contribution >= 4 is 28.3 Å². The van der Waals surface area contributed by atoms with Crippen LogP contribution in [-0.4, -0.2) is 15.9 Å². The highest BCUT2D eigenvalue weighted by molar-refractivity contribution is 6.30. The van der Waals surface area contributed by atoms with Crippen molar-refractivity contribution in [3.05, 3.63) is 95.5 Å². The predicted octanol–water partition coefficient (Wildman–Crippen LogP) is 4.88. The van der Waals surface area contributed by atoms with Gasteiger partial charge in [-0.2, -0.15) is 0 Å². The molecule has 0 radical (unpaired) electrons. The van der Waals surface area contributed by atoms with E-state index in [-0.39, 0.29) is 5.91 Å². The van der Waals surface area contributed by atoms with E-state index in [1.165, 1.54) is 0 Å². The molecule has 2 aromatic carbocycles. The Bertz CT molecular complexity index is 1100. The average molecular weight is 374 g/mol. The van der Waals surface area contributed by atoms with Crippen molar-refractivity contribution in [3.63, 3.8) is 0 Å². The number of nitrogens with zero attached hydrogens (tertiary/aromatic N) is 2. The molecule has 0 aliphatic rings. The minimum atomic E-state index is -0.138. The lowest BCUT2D eigenvalue weighted by Gasteiger charge is -2.09. The molecule has 0 unspecified atom stereocenters. The Hall–Kier alpha value is -3.24. The molecule has 132 valence electrons. The maximum atomic E-state index is 12.6. The molecule has 1 amide bonds. The smallest absolute Gasteiger partial charge is 0.251 e. The van der Waals surface area contributed by atoms with Crippen molar-refractivity contribution in [3.8, 4) is 11.1 Å². The fourth-order valence-electron chi connectivity index (χ4n) is 2.94. The van der Waals surface area contributed by atoms with Gasteiger partial charge in [0.05, 0.1) is 12.2 Å². The summed E-state index contributed by atoms with van der Waals surface area (Å²) in [7, 11) is 0. The molecule has 2 aromatic heterocycles. The molecule has 0 bridgehead atoms. The number of hydrogen-bond donors (Lipinski definition) is 1. The highest BCUT2D eigenvalue weighted by atomic mass is 35.5. The Kier molecular flexibility index (Phi) is 4.81.